The van der Waals surface area contributed by atoms with E-state index in [-0.39, 0.29) is 24.1 Å². The maximum atomic E-state index is 13.0. The van der Waals surface area contributed by atoms with E-state index in [2.05, 4.69) is 20.4 Å². The van der Waals surface area contributed by atoms with Crippen molar-refractivity contribution in [2.75, 3.05) is 42.8 Å². The Balaban J connectivity index is 1.41. The van der Waals surface area contributed by atoms with E-state index < -0.39 is 0 Å². The Morgan fingerprint density at radius 1 is 1.15 bits per heavy atom. The fourth-order valence-electron chi connectivity index (χ4n) is 4.15. The van der Waals surface area contributed by atoms with Crippen LogP contribution in [0.2, 0.25) is 0 Å². The summed E-state index contributed by atoms with van der Waals surface area (Å²) in [5, 5.41) is 12.3. The molecule has 176 valence electrons. The molecular weight excluding hydrogens is 454 g/mol. The number of ether oxygens (including phenoxy) is 2. The Hall–Kier alpha value is -3.53. The van der Waals surface area contributed by atoms with Crippen LogP contribution in [0.3, 0.4) is 0 Å². The molecule has 0 atom stereocenters. The summed E-state index contributed by atoms with van der Waals surface area (Å²) >= 11 is 1.33. The van der Waals surface area contributed by atoms with Gasteiger partial charge in [-0.1, -0.05) is 23.9 Å². The summed E-state index contributed by atoms with van der Waals surface area (Å²) in [5.41, 5.74) is 1.84. The van der Waals surface area contributed by atoms with Crippen molar-refractivity contribution < 1.29 is 19.1 Å². The second-order valence-corrected chi connectivity index (χ2v) is 9.04. The van der Waals surface area contributed by atoms with Crippen molar-refractivity contribution >= 4 is 35.1 Å². The number of aromatic nitrogens is 3. The number of anilines is 2. The van der Waals surface area contributed by atoms with Gasteiger partial charge >= 0.3 is 0 Å². The summed E-state index contributed by atoms with van der Waals surface area (Å²) < 4.78 is 13.0. The van der Waals surface area contributed by atoms with Gasteiger partial charge in [0.1, 0.15) is 11.5 Å². The van der Waals surface area contributed by atoms with Gasteiger partial charge in [-0.3, -0.25) is 14.2 Å². The second kappa shape index (κ2) is 9.76. The molecule has 9 nitrogen and oxygen atoms in total. The van der Waals surface area contributed by atoms with Crippen LogP contribution in [-0.4, -0.2) is 59.0 Å². The number of nitrogens with zero attached hydrogens (tertiary/aromatic N) is 4. The fourth-order valence-corrected chi connectivity index (χ4v) is 4.98. The number of ketones is 1. The minimum absolute atomic E-state index is 0.0197. The van der Waals surface area contributed by atoms with Crippen molar-refractivity contribution in [2.24, 2.45) is 0 Å². The van der Waals surface area contributed by atoms with Gasteiger partial charge in [0.05, 0.1) is 24.2 Å². The molecule has 3 aromatic rings. The van der Waals surface area contributed by atoms with E-state index in [9.17, 15) is 9.59 Å². The third kappa shape index (κ3) is 4.45. The van der Waals surface area contributed by atoms with E-state index in [0.717, 1.165) is 37.6 Å². The van der Waals surface area contributed by atoms with Crippen LogP contribution in [0.4, 0.5) is 11.6 Å². The topological polar surface area (TPSA) is 98.6 Å². The van der Waals surface area contributed by atoms with Crippen LogP contribution in [-0.2, 0) is 4.79 Å². The zero-order chi connectivity index (χ0) is 23.5. The summed E-state index contributed by atoms with van der Waals surface area (Å²) in [6.45, 7) is 1.81. The summed E-state index contributed by atoms with van der Waals surface area (Å²) in [4.78, 5) is 26.9. The molecule has 1 amide bonds. The molecule has 3 heterocycles. The van der Waals surface area contributed by atoms with Crippen LogP contribution in [0.5, 0.6) is 11.5 Å². The third-order valence-electron chi connectivity index (χ3n) is 5.85. The summed E-state index contributed by atoms with van der Waals surface area (Å²) in [5.74, 6) is 1.88. The molecule has 1 N–H and O–H groups in total. The second-order valence-electron chi connectivity index (χ2n) is 8.10. The van der Waals surface area contributed by atoms with Crippen molar-refractivity contribution in [3.05, 3.63) is 48.0 Å². The molecule has 34 heavy (non-hydrogen) atoms. The molecule has 2 aromatic carbocycles. The van der Waals surface area contributed by atoms with Crippen LogP contribution in [0, 0.1) is 0 Å². The largest absolute Gasteiger partial charge is 0.495 e. The van der Waals surface area contributed by atoms with Gasteiger partial charge in [0.25, 0.3) is 5.91 Å². The van der Waals surface area contributed by atoms with Crippen LogP contribution < -0.4 is 19.7 Å². The predicted molar refractivity (Wildman–Crippen MR) is 130 cm³/mol. The Labute approximate surface area is 201 Å². The number of amides is 1. The first-order chi connectivity index (χ1) is 16.6. The molecule has 1 fully saturated rings. The average Bonchev–Trinajstić information content (AvgIpc) is 3.31. The van der Waals surface area contributed by atoms with Crippen molar-refractivity contribution in [1.82, 2.24) is 14.8 Å². The van der Waals surface area contributed by atoms with Gasteiger partial charge in [-0.05, 0) is 49.6 Å². The van der Waals surface area contributed by atoms with Crippen LogP contribution in [0.1, 0.15) is 29.6 Å². The van der Waals surface area contributed by atoms with E-state index in [4.69, 9.17) is 9.47 Å². The Morgan fingerprint density at radius 3 is 2.79 bits per heavy atom. The first-order valence-corrected chi connectivity index (χ1v) is 12.2. The van der Waals surface area contributed by atoms with Gasteiger partial charge < -0.3 is 19.7 Å². The predicted octanol–water partition coefficient (Wildman–Crippen LogP) is 3.57. The quantitative estimate of drug-likeness (QED) is 0.406. The fraction of sp³-hybridized carbons (Fsp3) is 0.333. The van der Waals surface area contributed by atoms with Gasteiger partial charge in [0, 0.05) is 18.7 Å². The summed E-state index contributed by atoms with van der Waals surface area (Å²) in [6, 6.07) is 12.8. The first kappa shape index (κ1) is 22.3. The smallest absolute Gasteiger partial charge is 0.262 e. The standard InChI is InChI=1S/C24H25N5O4S/c1-32-21-8-4-3-7-18(21)29-23(28-11-5-2-6-12-28)26-27-24(29)34-15-19(30)16-9-10-20-17(13-16)25-22(31)14-33-20/h3-4,7-10,13H,2,5-6,11-12,14-15H2,1H3,(H,25,31). The molecule has 0 spiro atoms. The molecule has 5 rings (SSSR count). The maximum Gasteiger partial charge on any atom is 0.262 e. The molecule has 0 unspecified atom stereocenters. The van der Waals surface area contributed by atoms with E-state index in [1.165, 1.54) is 18.2 Å². The number of piperidine rings is 1. The number of hydrogen-bond acceptors (Lipinski definition) is 8. The molecule has 0 bridgehead atoms. The molecule has 0 radical (unpaired) electrons. The van der Waals surface area contributed by atoms with Crippen molar-refractivity contribution in [2.45, 2.75) is 24.4 Å². The summed E-state index contributed by atoms with van der Waals surface area (Å²) in [6.07, 6.45) is 3.43. The number of Topliss-reactive ketones (excluding diaryl/α,β-unsaturated/α-hetero) is 1. The lowest BCUT2D eigenvalue weighted by Crippen LogP contribution is -2.31. The number of fused-ring (bicyclic) bond motifs is 1. The van der Waals surface area contributed by atoms with Gasteiger partial charge in [0.15, 0.2) is 17.5 Å². The van der Waals surface area contributed by atoms with E-state index in [0.29, 0.717) is 27.9 Å². The van der Waals surface area contributed by atoms with Crippen LogP contribution in [0.25, 0.3) is 5.69 Å². The molecular formula is C24H25N5O4S. The lowest BCUT2D eigenvalue weighted by molar-refractivity contribution is -0.118. The SMILES string of the molecule is COc1ccccc1-n1c(SCC(=O)c2ccc3c(c2)NC(=O)CO3)nnc1N1CCCCC1. The lowest BCUT2D eigenvalue weighted by atomic mass is 10.1. The van der Waals surface area contributed by atoms with E-state index in [1.54, 1.807) is 25.3 Å². The molecule has 0 saturated carbocycles. The first-order valence-electron chi connectivity index (χ1n) is 11.2. The van der Waals surface area contributed by atoms with Crippen molar-refractivity contribution in [3.63, 3.8) is 0 Å². The molecule has 1 aromatic heterocycles. The van der Waals surface area contributed by atoms with Crippen LogP contribution >= 0.6 is 11.8 Å². The Bertz CT molecular complexity index is 1220. The highest BCUT2D eigenvalue weighted by Crippen LogP contribution is 2.34. The number of methoxy groups -OCH3 is 1. The van der Waals surface area contributed by atoms with Crippen molar-refractivity contribution in [1.29, 1.82) is 0 Å². The highest BCUT2D eigenvalue weighted by molar-refractivity contribution is 7.99. The van der Waals surface area contributed by atoms with E-state index >= 15 is 0 Å². The zero-order valence-corrected chi connectivity index (χ0v) is 19.6. The van der Waals surface area contributed by atoms with Gasteiger partial charge in [0.2, 0.25) is 5.95 Å². The number of hydrogen-bond donors (Lipinski definition) is 1. The number of nitrogens with one attached hydrogen (secondary N) is 1. The Morgan fingerprint density at radius 2 is 1.97 bits per heavy atom. The average molecular weight is 480 g/mol. The number of rotatable bonds is 7. The molecule has 2 aliphatic rings. The van der Waals surface area contributed by atoms with Crippen molar-refractivity contribution in [3.8, 4) is 17.2 Å². The number of thioether (sulfide) groups is 1. The van der Waals surface area contributed by atoms with Gasteiger partial charge in [-0.25, -0.2) is 0 Å². The minimum Gasteiger partial charge on any atom is -0.495 e. The number of benzene rings is 2. The minimum atomic E-state index is -0.235. The Kier molecular flexibility index (Phi) is 6.39. The molecule has 10 heteroatoms. The highest BCUT2D eigenvalue weighted by atomic mass is 32.2. The number of carbonyl (C=O) groups is 2. The monoisotopic (exact) mass is 479 g/mol. The molecule has 2 aliphatic heterocycles. The van der Waals surface area contributed by atoms with Gasteiger partial charge in [-0.15, -0.1) is 10.2 Å². The highest BCUT2D eigenvalue weighted by Gasteiger charge is 2.24. The number of para-hydroxylation sites is 2. The normalized spacial score (nSPS) is 15.3. The molecule has 1 saturated heterocycles. The van der Waals surface area contributed by atoms with Gasteiger partial charge in [-0.2, -0.15) is 0 Å². The van der Waals surface area contributed by atoms with Crippen LogP contribution in [0.15, 0.2) is 47.6 Å². The number of carbonyl (C=O) groups excluding carboxylic acids is 2. The zero-order valence-electron chi connectivity index (χ0n) is 18.8. The molecule has 0 aliphatic carbocycles. The summed E-state index contributed by atoms with van der Waals surface area (Å²) in [7, 11) is 1.64. The lowest BCUT2D eigenvalue weighted by Gasteiger charge is -2.28. The third-order valence-corrected chi connectivity index (χ3v) is 6.78. The maximum absolute atomic E-state index is 13.0. The van der Waals surface area contributed by atoms with E-state index in [1.807, 2.05) is 28.8 Å².